The van der Waals surface area contributed by atoms with Crippen LogP contribution in [0.25, 0.3) is 0 Å². The number of hydrogen-bond acceptors (Lipinski definition) is 6. The van der Waals surface area contributed by atoms with Crippen LogP contribution in [0, 0.1) is 0 Å². The molecule has 2 saturated heterocycles. The number of carbonyl (C=O) groups is 2. The first-order chi connectivity index (χ1) is 7.98. The monoisotopic (exact) mass is 249 g/mol. The van der Waals surface area contributed by atoms with Crippen LogP contribution in [0.1, 0.15) is 6.42 Å². The molecule has 8 heteroatoms. The van der Waals surface area contributed by atoms with Crippen molar-refractivity contribution in [1.29, 1.82) is 0 Å². The zero-order valence-electron chi connectivity index (χ0n) is 9.13. The number of hydrogen-bond donors (Lipinski definition) is 3. The third-order valence-corrected chi connectivity index (χ3v) is 2.42. The van der Waals surface area contributed by atoms with Crippen LogP contribution in [0.15, 0.2) is 0 Å². The molecular formula is C9H15NO7. The van der Waals surface area contributed by atoms with Crippen molar-refractivity contribution in [3.05, 3.63) is 0 Å². The molecule has 1 unspecified atom stereocenters. The minimum absolute atomic E-state index is 0.126. The first kappa shape index (κ1) is 13.8. The summed E-state index contributed by atoms with van der Waals surface area (Å²) < 4.78 is 16.1. The van der Waals surface area contributed by atoms with Crippen LogP contribution in [0.4, 0.5) is 0 Å². The molecule has 2 aliphatic heterocycles. The molecule has 2 heterocycles. The van der Waals surface area contributed by atoms with Crippen LogP contribution in [-0.2, 0) is 23.8 Å². The van der Waals surface area contributed by atoms with Gasteiger partial charge in [-0.15, -0.1) is 0 Å². The molecular weight excluding hydrogens is 234 g/mol. The Morgan fingerprint density at radius 3 is 2.06 bits per heavy atom. The highest BCUT2D eigenvalue weighted by Gasteiger charge is 2.44. The Balaban J connectivity index is 0.000000209. The number of ether oxygens (including phenoxy) is 3. The quantitative estimate of drug-likeness (QED) is 0.449. The molecule has 0 aromatic carbocycles. The lowest BCUT2D eigenvalue weighted by molar-refractivity contribution is -0.214. The summed E-state index contributed by atoms with van der Waals surface area (Å²) in [5, 5.41) is 14.8. The molecule has 0 radical (unpaired) electrons. The van der Waals surface area contributed by atoms with Gasteiger partial charge >= 0.3 is 11.9 Å². The summed E-state index contributed by atoms with van der Waals surface area (Å²) in [6, 6.07) is -0.126. The standard InChI is InChI=1S/C7H13NO3.C2H2O4/c8-6-5-9-2-1-7(6)10-3-4-11-7;3-1(4)2(5)6/h6H,1-5,8H2;(H,3,4)(H,5,6). The van der Waals surface area contributed by atoms with Crippen LogP contribution < -0.4 is 5.73 Å². The van der Waals surface area contributed by atoms with E-state index in [1.165, 1.54) is 0 Å². The Labute approximate surface area is 97.2 Å². The minimum atomic E-state index is -1.82. The summed E-state index contributed by atoms with van der Waals surface area (Å²) in [6.45, 7) is 2.55. The van der Waals surface area contributed by atoms with Gasteiger partial charge in [-0.1, -0.05) is 0 Å². The number of carboxylic acid groups (broad SMARTS) is 2. The largest absolute Gasteiger partial charge is 0.473 e. The van der Waals surface area contributed by atoms with Gasteiger partial charge in [-0.3, -0.25) is 0 Å². The number of rotatable bonds is 0. The molecule has 2 aliphatic rings. The molecule has 0 saturated carbocycles. The van der Waals surface area contributed by atoms with E-state index in [9.17, 15) is 0 Å². The fourth-order valence-corrected chi connectivity index (χ4v) is 1.57. The maximum absolute atomic E-state index is 9.10. The average Bonchev–Trinajstić information content (AvgIpc) is 2.73. The molecule has 0 amide bonds. The topological polar surface area (TPSA) is 128 Å². The Morgan fingerprint density at radius 1 is 1.12 bits per heavy atom. The molecule has 2 fully saturated rings. The molecule has 0 aliphatic carbocycles. The van der Waals surface area contributed by atoms with Gasteiger partial charge in [0.2, 0.25) is 0 Å². The van der Waals surface area contributed by atoms with Crippen molar-refractivity contribution in [3.63, 3.8) is 0 Å². The molecule has 0 bridgehead atoms. The Morgan fingerprint density at radius 2 is 1.65 bits per heavy atom. The fourth-order valence-electron chi connectivity index (χ4n) is 1.57. The highest BCUT2D eigenvalue weighted by atomic mass is 16.7. The van der Waals surface area contributed by atoms with Crippen molar-refractivity contribution in [2.45, 2.75) is 18.2 Å². The Kier molecular flexibility index (Phi) is 4.82. The minimum Gasteiger partial charge on any atom is -0.473 e. The van der Waals surface area contributed by atoms with Gasteiger partial charge in [-0.05, 0) is 0 Å². The second kappa shape index (κ2) is 5.92. The van der Waals surface area contributed by atoms with Crippen molar-refractivity contribution in [3.8, 4) is 0 Å². The van der Waals surface area contributed by atoms with Crippen molar-refractivity contribution >= 4 is 11.9 Å². The smallest absolute Gasteiger partial charge is 0.414 e. The normalized spacial score (nSPS) is 26.1. The van der Waals surface area contributed by atoms with E-state index in [0.29, 0.717) is 26.4 Å². The van der Waals surface area contributed by atoms with Gasteiger partial charge in [-0.25, -0.2) is 9.59 Å². The van der Waals surface area contributed by atoms with Crippen LogP contribution in [0.2, 0.25) is 0 Å². The van der Waals surface area contributed by atoms with Crippen LogP contribution in [0.3, 0.4) is 0 Å². The second-order valence-electron chi connectivity index (χ2n) is 3.55. The van der Waals surface area contributed by atoms with Gasteiger partial charge in [0.25, 0.3) is 0 Å². The summed E-state index contributed by atoms with van der Waals surface area (Å²) in [4.78, 5) is 18.2. The predicted molar refractivity (Wildman–Crippen MR) is 53.3 cm³/mol. The van der Waals surface area contributed by atoms with E-state index in [1.54, 1.807) is 0 Å². The summed E-state index contributed by atoms with van der Waals surface area (Å²) in [7, 11) is 0. The predicted octanol–water partition coefficient (Wildman–Crippen LogP) is -1.37. The summed E-state index contributed by atoms with van der Waals surface area (Å²) in [5.41, 5.74) is 5.80. The van der Waals surface area contributed by atoms with E-state index in [0.717, 1.165) is 6.42 Å². The molecule has 0 aromatic heterocycles. The Bertz CT molecular complexity index is 275. The number of aliphatic carboxylic acids is 2. The van der Waals surface area contributed by atoms with Crippen molar-refractivity contribution in [1.82, 2.24) is 0 Å². The molecule has 1 atom stereocenters. The number of nitrogens with two attached hydrogens (primary N) is 1. The van der Waals surface area contributed by atoms with Crippen molar-refractivity contribution < 1.29 is 34.0 Å². The molecule has 4 N–H and O–H groups in total. The highest BCUT2D eigenvalue weighted by molar-refractivity contribution is 6.27. The maximum atomic E-state index is 9.10. The number of carboxylic acids is 2. The lowest BCUT2D eigenvalue weighted by Crippen LogP contribution is -2.55. The van der Waals surface area contributed by atoms with Gasteiger partial charge in [-0.2, -0.15) is 0 Å². The first-order valence-electron chi connectivity index (χ1n) is 5.05. The average molecular weight is 249 g/mol. The highest BCUT2D eigenvalue weighted by Crippen LogP contribution is 2.29. The third kappa shape index (κ3) is 3.63. The lowest BCUT2D eigenvalue weighted by Gasteiger charge is -2.36. The van der Waals surface area contributed by atoms with Gasteiger partial charge in [0.05, 0.1) is 32.5 Å². The zero-order chi connectivity index (χ0) is 12.9. The van der Waals surface area contributed by atoms with E-state index in [-0.39, 0.29) is 6.04 Å². The first-order valence-corrected chi connectivity index (χ1v) is 5.05. The van der Waals surface area contributed by atoms with E-state index >= 15 is 0 Å². The van der Waals surface area contributed by atoms with Crippen molar-refractivity contribution in [2.75, 3.05) is 26.4 Å². The fraction of sp³-hybridized carbons (Fsp3) is 0.778. The van der Waals surface area contributed by atoms with E-state index in [4.69, 9.17) is 39.7 Å². The Hall–Kier alpha value is -1.22. The zero-order valence-corrected chi connectivity index (χ0v) is 9.13. The van der Waals surface area contributed by atoms with Gasteiger partial charge in [0.1, 0.15) is 0 Å². The summed E-state index contributed by atoms with van der Waals surface area (Å²) in [5.74, 6) is -4.16. The van der Waals surface area contributed by atoms with Gasteiger partial charge < -0.3 is 30.2 Å². The molecule has 98 valence electrons. The van der Waals surface area contributed by atoms with Gasteiger partial charge in [0, 0.05) is 6.42 Å². The van der Waals surface area contributed by atoms with Crippen LogP contribution >= 0.6 is 0 Å². The molecule has 0 aromatic rings. The van der Waals surface area contributed by atoms with E-state index in [1.807, 2.05) is 0 Å². The van der Waals surface area contributed by atoms with Crippen LogP contribution in [0.5, 0.6) is 0 Å². The molecule has 1 spiro atoms. The molecule has 2 rings (SSSR count). The van der Waals surface area contributed by atoms with E-state index < -0.39 is 17.7 Å². The van der Waals surface area contributed by atoms with Crippen molar-refractivity contribution in [2.24, 2.45) is 5.73 Å². The summed E-state index contributed by atoms with van der Waals surface area (Å²) in [6.07, 6.45) is 0.758. The lowest BCUT2D eigenvalue weighted by atomic mass is 10.0. The summed E-state index contributed by atoms with van der Waals surface area (Å²) >= 11 is 0. The van der Waals surface area contributed by atoms with Gasteiger partial charge in [0.15, 0.2) is 5.79 Å². The maximum Gasteiger partial charge on any atom is 0.414 e. The van der Waals surface area contributed by atoms with Crippen LogP contribution in [-0.4, -0.2) is 60.4 Å². The van der Waals surface area contributed by atoms with E-state index in [2.05, 4.69) is 0 Å². The third-order valence-electron chi connectivity index (χ3n) is 2.42. The second-order valence-corrected chi connectivity index (χ2v) is 3.55. The molecule has 17 heavy (non-hydrogen) atoms. The SMILES string of the molecule is NC1COCCC12OCCO2.O=C(O)C(=O)O. The molecule has 8 nitrogen and oxygen atoms in total.